The number of amides is 1. The number of hydrogen-bond donors (Lipinski definition) is 0. The maximum absolute atomic E-state index is 13.0. The van der Waals surface area contributed by atoms with Gasteiger partial charge in [0.2, 0.25) is 5.91 Å². The van der Waals surface area contributed by atoms with Gasteiger partial charge in [0, 0.05) is 30.7 Å². The molecule has 0 N–H and O–H groups in total. The van der Waals surface area contributed by atoms with Crippen LogP contribution in [0, 0.1) is 0 Å². The molecule has 31 heavy (non-hydrogen) atoms. The van der Waals surface area contributed by atoms with Gasteiger partial charge in [-0.2, -0.15) is 0 Å². The van der Waals surface area contributed by atoms with E-state index in [2.05, 4.69) is 17.1 Å². The Balaban J connectivity index is 1.72. The largest absolute Gasteiger partial charge is 0.308 e. The zero-order valence-electron chi connectivity index (χ0n) is 17.9. The van der Waals surface area contributed by atoms with Crippen molar-refractivity contribution >= 4 is 54.2 Å². The van der Waals surface area contributed by atoms with Crippen molar-refractivity contribution in [2.45, 2.75) is 22.6 Å². The van der Waals surface area contributed by atoms with Gasteiger partial charge in [0.05, 0.1) is 15.1 Å². The van der Waals surface area contributed by atoms with Gasteiger partial charge >= 0.3 is 0 Å². The maximum atomic E-state index is 13.0. The molecule has 0 fully saturated rings. The summed E-state index contributed by atoms with van der Waals surface area (Å²) in [5.74, 6) is 0.910. The molecule has 6 nitrogen and oxygen atoms in total. The number of likely N-dealkylation sites (N-methyl/N-ethyl adjacent to an activating group) is 1. The summed E-state index contributed by atoms with van der Waals surface area (Å²) < 4.78 is 24.5. The molecule has 1 amide bonds. The molecule has 0 saturated carbocycles. The smallest absolute Gasteiger partial charge is 0.228 e. The number of carbonyl (C=O) groups excluding carboxylic acids is 1. The van der Waals surface area contributed by atoms with Gasteiger partial charge in [-0.15, -0.1) is 11.8 Å². The Morgan fingerprint density at radius 1 is 1.10 bits per heavy atom. The Labute approximate surface area is 192 Å². The van der Waals surface area contributed by atoms with Crippen molar-refractivity contribution in [3.63, 3.8) is 0 Å². The maximum Gasteiger partial charge on any atom is 0.228 e. The molecule has 0 unspecified atom stereocenters. The predicted octanol–water partition coefficient (Wildman–Crippen LogP) is 4.17. The van der Waals surface area contributed by atoms with Gasteiger partial charge in [0.1, 0.15) is 0 Å². The second-order valence-corrected chi connectivity index (χ2v) is 11.7. The number of benzene rings is 2. The molecule has 9 heteroatoms. The Morgan fingerprint density at radius 3 is 2.52 bits per heavy atom. The predicted molar refractivity (Wildman–Crippen MR) is 130 cm³/mol. The van der Waals surface area contributed by atoms with E-state index < -0.39 is 9.84 Å². The molecule has 0 saturated heterocycles. The molecule has 1 aromatic heterocycles. The minimum absolute atomic E-state index is 0.0397. The van der Waals surface area contributed by atoms with E-state index in [1.54, 1.807) is 34.9 Å². The van der Waals surface area contributed by atoms with Crippen LogP contribution in [0.5, 0.6) is 0 Å². The lowest BCUT2D eigenvalue weighted by atomic mass is 10.3. The van der Waals surface area contributed by atoms with Gasteiger partial charge in [-0.1, -0.05) is 29.5 Å². The number of rotatable bonds is 10. The number of carbonyl (C=O) groups is 1. The lowest BCUT2D eigenvalue weighted by Gasteiger charge is -2.22. The summed E-state index contributed by atoms with van der Waals surface area (Å²) in [5, 5.41) is 0.614. The molecule has 0 aliphatic heterocycles. The zero-order chi connectivity index (χ0) is 22.4. The Bertz CT molecular complexity index is 1130. The molecule has 2 aromatic carbocycles. The molecule has 0 aliphatic rings. The van der Waals surface area contributed by atoms with Gasteiger partial charge in [-0.25, -0.2) is 13.4 Å². The first-order valence-corrected chi connectivity index (χ1v) is 13.7. The Kier molecular flexibility index (Phi) is 8.10. The van der Waals surface area contributed by atoms with Crippen molar-refractivity contribution in [2.75, 3.05) is 44.1 Å². The van der Waals surface area contributed by atoms with Crippen molar-refractivity contribution < 1.29 is 13.2 Å². The first-order chi connectivity index (χ1) is 14.7. The van der Waals surface area contributed by atoms with E-state index in [-0.39, 0.29) is 10.8 Å². The van der Waals surface area contributed by atoms with Crippen LogP contribution in [-0.4, -0.2) is 63.4 Å². The van der Waals surface area contributed by atoms with Crippen LogP contribution in [0.1, 0.15) is 12.8 Å². The average Bonchev–Trinajstić information content (AvgIpc) is 3.14. The number of thioether (sulfide) groups is 1. The highest BCUT2D eigenvalue weighted by Gasteiger charge is 2.20. The summed E-state index contributed by atoms with van der Waals surface area (Å²) in [7, 11) is 0.645. The van der Waals surface area contributed by atoms with Crippen molar-refractivity contribution in [1.29, 1.82) is 0 Å². The average molecular weight is 478 g/mol. The molecule has 0 atom stereocenters. The summed E-state index contributed by atoms with van der Waals surface area (Å²) in [6.45, 7) is 1.26. The van der Waals surface area contributed by atoms with Crippen LogP contribution in [0.25, 0.3) is 10.2 Å². The van der Waals surface area contributed by atoms with Crippen LogP contribution in [0.2, 0.25) is 0 Å². The second-order valence-electron chi connectivity index (χ2n) is 7.51. The third-order valence-electron chi connectivity index (χ3n) is 4.63. The number of hydrogen-bond acceptors (Lipinski definition) is 7. The fourth-order valence-corrected chi connectivity index (χ4v) is 5.57. The summed E-state index contributed by atoms with van der Waals surface area (Å²) in [6, 6.07) is 15.1. The van der Waals surface area contributed by atoms with E-state index in [1.807, 2.05) is 37.2 Å². The third kappa shape index (κ3) is 6.77. The first kappa shape index (κ1) is 23.7. The Morgan fingerprint density at radius 2 is 1.84 bits per heavy atom. The normalized spacial score (nSPS) is 11.9. The lowest BCUT2D eigenvalue weighted by Crippen LogP contribution is -2.36. The van der Waals surface area contributed by atoms with Crippen molar-refractivity contribution in [3.05, 3.63) is 48.5 Å². The topological polar surface area (TPSA) is 70.6 Å². The molecular weight excluding hydrogens is 450 g/mol. The van der Waals surface area contributed by atoms with Crippen molar-refractivity contribution in [3.8, 4) is 0 Å². The number of sulfone groups is 1. The van der Waals surface area contributed by atoms with E-state index in [0.717, 1.165) is 23.4 Å². The van der Waals surface area contributed by atoms with Crippen molar-refractivity contribution in [2.24, 2.45) is 0 Å². The molecule has 0 bridgehead atoms. The molecule has 166 valence electrons. The van der Waals surface area contributed by atoms with Crippen LogP contribution in [0.4, 0.5) is 5.13 Å². The fraction of sp³-hybridized carbons (Fsp3) is 0.364. The number of thiazole rings is 1. The van der Waals surface area contributed by atoms with Gasteiger partial charge in [-0.3, -0.25) is 9.69 Å². The van der Waals surface area contributed by atoms with Crippen LogP contribution >= 0.6 is 23.1 Å². The highest BCUT2D eigenvalue weighted by atomic mass is 32.2. The minimum Gasteiger partial charge on any atom is -0.308 e. The van der Waals surface area contributed by atoms with Gasteiger partial charge in [-0.05, 0) is 56.6 Å². The molecule has 3 aromatic rings. The molecule has 0 radical (unpaired) electrons. The SMILES string of the molecule is CN(C)CCN(C(=O)CCCSc1ccccc1)c1nc2ccc(S(C)(=O)=O)cc2s1. The van der Waals surface area contributed by atoms with Gasteiger partial charge in [0.15, 0.2) is 15.0 Å². The molecular formula is C22H27N3O3S3. The molecule has 0 spiro atoms. The molecule has 1 heterocycles. The Hall–Kier alpha value is -1.94. The summed E-state index contributed by atoms with van der Waals surface area (Å²) in [6.07, 6.45) is 2.41. The van der Waals surface area contributed by atoms with E-state index in [1.165, 1.54) is 22.5 Å². The van der Waals surface area contributed by atoms with Gasteiger partial charge < -0.3 is 4.90 Å². The van der Waals surface area contributed by atoms with E-state index in [0.29, 0.717) is 23.6 Å². The molecule has 0 aliphatic carbocycles. The number of nitrogens with zero attached hydrogens (tertiary/aromatic N) is 3. The van der Waals surface area contributed by atoms with E-state index >= 15 is 0 Å². The number of aromatic nitrogens is 1. The third-order valence-corrected chi connectivity index (χ3v) is 7.88. The summed E-state index contributed by atoms with van der Waals surface area (Å²) >= 11 is 3.10. The van der Waals surface area contributed by atoms with Crippen LogP contribution in [0.15, 0.2) is 58.3 Å². The van der Waals surface area contributed by atoms with Crippen LogP contribution < -0.4 is 4.90 Å². The second kappa shape index (κ2) is 10.6. The molecule has 3 rings (SSSR count). The highest BCUT2D eigenvalue weighted by Crippen LogP contribution is 2.31. The summed E-state index contributed by atoms with van der Waals surface area (Å²) in [4.78, 5) is 22.9. The van der Waals surface area contributed by atoms with E-state index in [9.17, 15) is 13.2 Å². The van der Waals surface area contributed by atoms with Crippen molar-refractivity contribution in [1.82, 2.24) is 9.88 Å². The number of anilines is 1. The quantitative estimate of drug-likeness (QED) is 0.322. The van der Waals surface area contributed by atoms with Crippen LogP contribution in [-0.2, 0) is 14.6 Å². The van der Waals surface area contributed by atoms with E-state index in [4.69, 9.17) is 0 Å². The van der Waals surface area contributed by atoms with Gasteiger partial charge in [0.25, 0.3) is 0 Å². The summed E-state index contributed by atoms with van der Waals surface area (Å²) in [5.41, 5.74) is 0.703. The fourth-order valence-electron chi connectivity index (χ4n) is 2.93. The zero-order valence-corrected chi connectivity index (χ0v) is 20.4. The first-order valence-electron chi connectivity index (χ1n) is 9.97. The minimum atomic E-state index is -3.29. The number of fused-ring (bicyclic) bond motifs is 1. The standard InChI is InChI=1S/C22H27N3O3S3/c1-24(2)13-14-25(21(26)10-7-15-29-17-8-5-4-6-9-17)22-23-19-12-11-18(31(3,27)28)16-20(19)30-22/h4-6,8-9,11-12,16H,7,10,13-15H2,1-3H3. The highest BCUT2D eigenvalue weighted by molar-refractivity contribution is 7.99. The lowest BCUT2D eigenvalue weighted by molar-refractivity contribution is -0.118. The van der Waals surface area contributed by atoms with Crippen LogP contribution in [0.3, 0.4) is 0 Å². The monoisotopic (exact) mass is 477 g/mol.